The Morgan fingerprint density at radius 2 is 2.06 bits per heavy atom. The van der Waals surface area contributed by atoms with E-state index in [1.54, 1.807) is 0 Å². The molecule has 0 bridgehead atoms. The van der Waals surface area contributed by atoms with E-state index in [1.807, 2.05) is 20.9 Å². The summed E-state index contributed by atoms with van der Waals surface area (Å²) in [5.74, 6) is -1.51. The van der Waals surface area contributed by atoms with E-state index in [0.29, 0.717) is 6.42 Å². The van der Waals surface area contributed by atoms with Crippen molar-refractivity contribution in [2.75, 3.05) is 13.6 Å². The summed E-state index contributed by atoms with van der Waals surface area (Å²) in [5.41, 5.74) is 0. The van der Waals surface area contributed by atoms with Crippen molar-refractivity contribution in [2.45, 2.75) is 51.1 Å². The van der Waals surface area contributed by atoms with Crippen molar-refractivity contribution in [1.82, 2.24) is 5.32 Å². The standard InChI is InChI=1S/C11H21NO4/c1-11(2)15-8(4-5-12-3)6-9(16-11)7-10(13)14/h8-9,12H,4-7H2,1-3H3,(H,13,14). The Morgan fingerprint density at radius 1 is 1.44 bits per heavy atom. The van der Waals surface area contributed by atoms with Gasteiger partial charge in [0, 0.05) is 6.42 Å². The fourth-order valence-corrected chi connectivity index (χ4v) is 2.02. The molecule has 0 aromatic carbocycles. The van der Waals surface area contributed by atoms with E-state index in [0.717, 1.165) is 13.0 Å². The molecule has 0 radical (unpaired) electrons. The Hall–Kier alpha value is -0.650. The smallest absolute Gasteiger partial charge is 0.305 e. The Kier molecular flexibility index (Phi) is 4.70. The van der Waals surface area contributed by atoms with Gasteiger partial charge in [0.1, 0.15) is 0 Å². The molecule has 0 aromatic rings. The van der Waals surface area contributed by atoms with Gasteiger partial charge in [-0.15, -0.1) is 0 Å². The van der Waals surface area contributed by atoms with E-state index < -0.39 is 11.8 Å². The topological polar surface area (TPSA) is 67.8 Å². The average Bonchev–Trinajstić information content (AvgIpc) is 2.10. The summed E-state index contributed by atoms with van der Waals surface area (Å²) >= 11 is 0. The van der Waals surface area contributed by atoms with E-state index in [4.69, 9.17) is 14.6 Å². The second-order valence-corrected chi connectivity index (χ2v) is 4.61. The van der Waals surface area contributed by atoms with Crippen LogP contribution in [0.25, 0.3) is 0 Å². The van der Waals surface area contributed by atoms with Crippen molar-refractivity contribution in [3.8, 4) is 0 Å². The number of carboxylic acids is 1. The lowest BCUT2D eigenvalue weighted by Crippen LogP contribution is -2.45. The molecule has 0 spiro atoms. The highest BCUT2D eigenvalue weighted by atomic mass is 16.7. The second-order valence-electron chi connectivity index (χ2n) is 4.61. The minimum Gasteiger partial charge on any atom is -0.481 e. The molecule has 0 saturated carbocycles. The largest absolute Gasteiger partial charge is 0.481 e. The van der Waals surface area contributed by atoms with Crippen LogP contribution in [0.5, 0.6) is 0 Å². The summed E-state index contributed by atoms with van der Waals surface area (Å²) in [6.07, 6.45) is 1.39. The molecule has 0 amide bonds. The molecule has 5 nitrogen and oxygen atoms in total. The van der Waals surface area contributed by atoms with Crippen LogP contribution in [0.4, 0.5) is 0 Å². The predicted molar refractivity (Wildman–Crippen MR) is 59.2 cm³/mol. The molecule has 1 fully saturated rings. The lowest BCUT2D eigenvalue weighted by Gasteiger charge is -2.40. The maximum Gasteiger partial charge on any atom is 0.305 e. The van der Waals surface area contributed by atoms with Gasteiger partial charge < -0.3 is 19.9 Å². The molecule has 1 aliphatic rings. The van der Waals surface area contributed by atoms with Crippen LogP contribution in [0, 0.1) is 0 Å². The summed E-state index contributed by atoms with van der Waals surface area (Å²) in [6, 6.07) is 0. The van der Waals surface area contributed by atoms with Crippen molar-refractivity contribution >= 4 is 5.97 Å². The molecule has 2 N–H and O–H groups in total. The van der Waals surface area contributed by atoms with Gasteiger partial charge in [0.15, 0.2) is 5.79 Å². The lowest BCUT2D eigenvalue weighted by molar-refractivity contribution is -0.300. The van der Waals surface area contributed by atoms with Gasteiger partial charge in [-0.3, -0.25) is 4.79 Å². The third kappa shape index (κ3) is 4.47. The number of nitrogens with one attached hydrogen (secondary N) is 1. The SMILES string of the molecule is CNCCC1CC(CC(=O)O)OC(C)(C)O1. The van der Waals surface area contributed by atoms with Crippen LogP contribution in [0.3, 0.4) is 0 Å². The Morgan fingerprint density at radius 3 is 2.62 bits per heavy atom. The van der Waals surface area contributed by atoms with Crippen molar-refractivity contribution in [3.05, 3.63) is 0 Å². The van der Waals surface area contributed by atoms with Crippen molar-refractivity contribution in [2.24, 2.45) is 0 Å². The molecule has 1 saturated heterocycles. The van der Waals surface area contributed by atoms with Gasteiger partial charge >= 0.3 is 5.97 Å². The van der Waals surface area contributed by atoms with Crippen molar-refractivity contribution < 1.29 is 19.4 Å². The summed E-state index contributed by atoms with van der Waals surface area (Å²) in [6.45, 7) is 4.52. The van der Waals surface area contributed by atoms with Crippen LogP contribution in [-0.2, 0) is 14.3 Å². The van der Waals surface area contributed by atoms with Crippen LogP contribution in [0.15, 0.2) is 0 Å². The zero-order valence-corrected chi connectivity index (χ0v) is 10.2. The minimum atomic E-state index is -0.824. The van der Waals surface area contributed by atoms with Gasteiger partial charge in [-0.1, -0.05) is 0 Å². The maximum atomic E-state index is 10.7. The molecular weight excluding hydrogens is 210 g/mol. The maximum absolute atomic E-state index is 10.7. The summed E-state index contributed by atoms with van der Waals surface area (Å²) < 4.78 is 11.3. The number of rotatable bonds is 5. The van der Waals surface area contributed by atoms with Crippen LogP contribution in [-0.4, -0.2) is 42.7 Å². The highest BCUT2D eigenvalue weighted by Crippen LogP contribution is 2.29. The van der Waals surface area contributed by atoms with Crippen LogP contribution >= 0.6 is 0 Å². The molecule has 1 aliphatic heterocycles. The van der Waals surface area contributed by atoms with Gasteiger partial charge in [0.25, 0.3) is 0 Å². The first-order chi connectivity index (χ1) is 7.43. The van der Waals surface area contributed by atoms with E-state index >= 15 is 0 Å². The second kappa shape index (κ2) is 5.61. The number of carboxylic acid groups (broad SMARTS) is 1. The van der Waals surface area contributed by atoms with Crippen LogP contribution < -0.4 is 5.32 Å². The quantitative estimate of drug-likeness (QED) is 0.738. The normalized spacial score (nSPS) is 28.9. The molecular formula is C11H21NO4. The number of ether oxygens (including phenoxy) is 2. The highest BCUT2D eigenvalue weighted by Gasteiger charge is 2.35. The lowest BCUT2D eigenvalue weighted by atomic mass is 10.0. The fourth-order valence-electron chi connectivity index (χ4n) is 2.02. The molecule has 1 rings (SSSR count). The molecule has 16 heavy (non-hydrogen) atoms. The first-order valence-electron chi connectivity index (χ1n) is 5.65. The Labute approximate surface area is 96.1 Å². The van der Waals surface area contributed by atoms with E-state index in [9.17, 15) is 4.79 Å². The summed E-state index contributed by atoms with van der Waals surface area (Å²) in [7, 11) is 1.89. The van der Waals surface area contributed by atoms with E-state index in [2.05, 4.69) is 5.32 Å². The number of hydrogen-bond acceptors (Lipinski definition) is 4. The monoisotopic (exact) mass is 231 g/mol. The van der Waals surface area contributed by atoms with Gasteiger partial charge in [-0.2, -0.15) is 0 Å². The highest BCUT2D eigenvalue weighted by molar-refractivity contribution is 5.67. The van der Waals surface area contributed by atoms with E-state index in [1.165, 1.54) is 0 Å². The first-order valence-corrected chi connectivity index (χ1v) is 5.65. The third-order valence-electron chi connectivity index (χ3n) is 2.55. The molecule has 2 unspecified atom stereocenters. The van der Waals surface area contributed by atoms with Crippen molar-refractivity contribution in [1.29, 1.82) is 0 Å². The summed E-state index contributed by atoms with van der Waals surface area (Å²) in [4.78, 5) is 10.7. The molecule has 0 aliphatic carbocycles. The Balaban J connectivity index is 2.51. The zero-order valence-electron chi connectivity index (χ0n) is 10.2. The van der Waals surface area contributed by atoms with Gasteiger partial charge in [0.05, 0.1) is 18.6 Å². The number of carbonyl (C=O) groups is 1. The van der Waals surface area contributed by atoms with Gasteiger partial charge in [-0.05, 0) is 33.9 Å². The zero-order chi connectivity index (χ0) is 12.2. The van der Waals surface area contributed by atoms with E-state index in [-0.39, 0.29) is 18.6 Å². The molecule has 2 atom stereocenters. The number of aliphatic carboxylic acids is 1. The van der Waals surface area contributed by atoms with Gasteiger partial charge in [-0.25, -0.2) is 0 Å². The molecule has 94 valence electrons. The summed E-state index contributed by atoms with van der Waals surface area (Å²) in [5, 5.41) is 11.8. The predicted octanol–water partition coefficient (Wildman–Crippen LogP) is 0.981. The first kappa shape index (κ1) is 13.4. The molecule has 1 heterocycles. The molecule has 5 heteroatoms. The number of hydrogen-bond donors (Lipinski definition) is 2. The fraction of sp³-hybridized carbons (Fsp3) is 0.909. The molecule has 0 aromatic heterocycles. The third-order valence-corrected chi connectivity index (χ3v) is 2.55. The Bertz CT molecular complexity index is 242. The van der Waals surface area contributed by atoms with Crippen LogP contribution in [0.2, 0.25) is 0 Å². The van der Waals surface area contributed by atoms with Gasteiger partial charge in [0.2, 0.25) is 0 Å². The van der Waals surface area contributed by atoms with Crippen molar-refractivity contribution in [3.63, 3.8) is 0 Å². The van der Waals surface area contributed by atoms with Crippen LogP contribution in [0.1, 0.15) is 33.1 Å². The minimum absolute atomic E-state index is 0.0445. The average molecular weight is 231 g/mol.